The topological polar surface area (TPSA) is 193 Å². The second-order valence-corrected chi connectivity index (χ2v) is 12.7. The third-order valence-corrected chi connectivity index (χ3v) is 7.68. The molecule has 1 amide bonds. The zero-order chi connectivity index (χ0) is 37.5. The fourth-order valence-electron chi connectivity index (χ4n) is 3.59. The number of halogens is 9. The van der Waals surface area contributed by atoms with Crippen molar-refractivity contribution >= 4 is 54.2 Å². The van der Waals surface area contributed by atoms with E-state index in [9.17, 15) is 61.5 Å². The monoisotopic (exact) mass is 760 g/mol. The molecule has 4 aromatic carbocycles. The average molecular weight is 761 g/mol. The van der Waals surface area contributed by atoms with E-state index in [2.05, 4.69) is 0 Å². The predicted octanol–water partition coefficient (Wildman–Crippen LogP) is 5.88. The Morgan fingerprint density at radius 3 is 1.43 bits per heavy atom. The summed E-state index contributed by atoms with van der Waals surface area (Å²) < 4.78 is 146. The minimum Gasteiger partial charge on any atom is -0.399 e. The molecule has 0 heterocycles. The van der Waals surface area contributed by atoms with Crippen LogP contribution in [0.25, 0.3) is 0 Å². The van der Waals surface area contributed by atoms with E-state index in [1.807, 2.05) is 5.32 Å². The van der Waals surface area contributed by atoms with E-state index in [1.54, 1.807) is 6.07 Å². The Labute approximate surface area is 277 Å². The van der Waals surface area contributed by atoms with Crippen LogP contribution in [0.5, 0.6) is 0 Å². The number of rotatable bonds is 5. The van der Waals surface area contributed by atoms with Gasteiger partial charge in [-0.05, 0) is 72.3 Å². The minimum atomic E-state index is -4.93. The summed E-state index contributed by atoms with van der Waals surface area (Å²) in [6.45, 7) is 0. The van der Waals surface area contributed by atoms with Crippen molar-refractivity contribution in [1.82, 2.24) is 0 Å². The number of carbonyl (C=O) groups excluding carboxylic acids is 2. The quantitative estimate of drug-likeness (QED) is 0.111. The fraction of sp³-hybridized carbons (Fsp3) is 0.0714. The van der Waals surface area contributed by atoms with Crippen LogP contribution < -0.4 is 21.3 Å². The first kappa shape index (κ1) is 40.5. The number of anilines is 2. The molecule has 4 aromatic rings. The molecule has 0 fully saturated rings. The Kier molecular flexibility index (Phi) is 13.0. The van der Waals surface area contributed by atoms with Crippen LogP contribution in [0.2, 0.25) is 0 Å². The van der Waals surface area contributed by atoms with Crippen LogP contribution in [-0.4, -0.2) is 28.0 Å². The second kappa shape index (κ2) is 15.7. The lowest BCUT2D eigenvalue weighted by Gasteiger charge is -2.13. The van der Waals surface area contributed by atoms with Gasteiger partial charge in [-0.1, -0.05) is 24.3 Å². The highest BCUT2D eigenvalue weighted by atomic mass is 35.5. The van der Waals surface area contributed by atoms with Crippen LogP contribution in [0.15, 0.2) is 94.7 Å². The highest BCUT2D eigenvalue weighted by Crippen LogP contribution is 2.34. The number of sulfonamides is 2. The molecule has 0 aliphatic rings. The van der Waals surface area contributed by atoms with Crippen LogP contribution in [0.3, 0.4) is 0 Å². The number of carbonyl (C=O) groups is 2. The zero-order valence-electron chi connectivity index (χ0n) is 24.0. The lowest BCUT2D eigenvalue weighted by molar-refractivity contribution is -0.138. The van der Waals surface area contributed by atoms with E-state index in [-0.39, 0.29) is 15.5 Å². The minimum absolute atomic E-state index is 0.0394. The Morgan fingerprint density at radius 1 is 0.633 bits per heavy atom. The summed E-state index contributed by atoms with van der Waals surface area (Å²) in [6.07, 6.45) is -9.72. The van der Waals surface area contributed by atoms with E-state index in [4.69, 9.17) is 27.6 Å². The van der Waals surface area contributed by atoms with Gasteiger partial charge < -0.3 is 11.1 Å². The summed E-state index contributed by atoms with van der Waals surface area (Å²) in [7, 11) is -7.68. The highest BCUT2D eigenvalue weighted by Gasteiger charge is 2.37. The number of amides is 1. The number of nitrogens with two attached hydrogens (primary N) is 3. The molecule has 0 saturated heterocycles. The van der Waals surface area contributed by atoms with E-state index in [1.165, 1.54) is 30.3 Å². The number of primary sulfonamides is 2. The Balaban J connectivity index is 0.000000282. The van der Waals surface area contributed by atoms with Crippen molar-refractivity contribution < 1.29 is 61.5 Å². The standard InChI is InChI=1S/C14H10F4N2O3S.C8H3ClF4O.C6H8N2O2S/c15-11-6-2-5-10(14(16,17)18)12(11)13(21)20-8-3-1-4-9(7-8)24(19,22)23;9-7(14)6-4(8(11,12)13)2-1-3-5(6)10;7-5-2-1-3-6(4-5)11(8,9)10/h1-7H,(H,20,21)(H2,19,22,23);1-3H;1-4H,7H2,(H2,8,9,10). The summed E-state index contributed by atoms with van der Waals surface area (Å²) in [5.74, 6) is -4.00. The average Bonchev–Trinajstić information content (AvgIpc) is 2.96. The summed E-state index contributed by atoms with van der Waals surface area (Å²) in [5.41, 5.74) is 0.439. The highest BCUT2D eigenvalue weighted by molar-refractivity contribution is 7.89. The molecular weight excluding hydrogens is 740 g/mol. The van der Waals surface area contributed by atoms with Gasteiger partial charge in [0.25, 0.3) is 11.1 Å². The first-order valence-corrected chi connectivity index (χ1v) is 16.0. The Bertz CT molecular complexity index is 2080. The molecule has 0 saturated carbocycles. The first-order valence-electron chi connectivity index (χ1n) is 12.6. The SMILES string of the molecule is NS(=O)(=O)c1cccc(NC(=O)c2c(F)cccc2C(F)(F)F)c1.Nc1cccc(S(N)(=O)=O)c1.O=C(Cl)c1c(F)cccc1C(F)(F)F. The Hall–Kier alpha value is -4.63. The number of hydrogen-bond acceptors (Lipinski definition) is 7. The molecular formula is C28H21ClF8N4O6S2. The Morgan fingerprint density at radius 2 is 1.04 bits per heavy atom. The molecule has 0 radical (unpaired) electrons. The van der Waals surface area contributed by atoms with Gasteiger partial charge in [-0.15, -0.1) is 0 Å². The molecule has 0 atom stereocenters. The molecule has 0 aliphatic heterocycles. The zero-order valence-corrected chi connectivity index (χ0v) is 26.4. The van der Waals surface area contributed by atoms with Crippen molar-refractivity contribution in [2.24, 2.45) is 10.3 Å². The van der Waals surface area contributed by atoms with E-state index >= 15 is 0 Å². The van der Waals surface area contributed by atoms with Crippen LogP contribution in [-0.2, 0) is 32.4 Å². The number of hydrogen-bond donors (Lipinski definition) is 4. The van der Waals surface area contributed by atoms with E-state index in [0.29, 0.717) is 23.9 Å². The molecule has 0 bridgehead atoms. The molecule has 0 aliphatic carbocycles. The van der Waals surface area contributed by atoms with Gasteiger partial charge in [0.2, 0.25) is 20.0 Å². The normalized spacial score (nSPS) is 11.7. The fourth-order valence-corrected chi connectivity index (χ4v) is 4.91. The molecule has 21 heteroatoms. The maximum absolute atomic E-state index is 13.7. The van der Waals surface area contributed by atoms with Gasteiger partial charge in [-0.3, -0.25) is 9.59 Å². The summed E-state index contributed by atoms with van der Waals surface area (Å²) in [5, 5.41) is 10.3. The lowest BCUT2D eigenvalue weighted by atomic mass is 10.1. The molecule has 10 nitrogen and oxygen atoms in total. The van der Waals surface area contributed by atoms with Crippen LogP contribution in [0.4, 0.5) is 46.5 Å². The third kappa shape index (κ3) is 11.8. The number of alkyl halides is 6. The van der Waals surface area contributed by atoms with E-state index in [0.717, 1.165) is 30.3 Å². The van der Waals surface area contributed by atoms with Crippen molar-refractivity contribution in [2.75, 3.05) is 11.1 Å². The van der Waals surface area contributed by atoms with Crippen LogP contribution in [0.1, 0.15) is 31.8 Å². The van der Waals surface area contributed by atoms with Gasteiger partial charge in [0.1, 0.15) is 11.6 Å². The van der Waals surface area contributed by atoms with Gasteiger partial charge >= 0.3 is 12.4 Å². The van der Waals surface area contributed by atoms with Gasteiger partial charge in [0.15, 0.2) is 0 Å². The third-order valence-electron chi connectivity index (χ3n) is 5.67. The van der Waals surface area contributed by atoms with Crippen molar-refractivity contribution in [2.45, 2.75) is 22.1 Å². The maximum Gasteiger partial charge on any atom is 0.417 e. The smallest absolute Gasteiger partial charge is 0.399 e. The van der Waals surface area contributed by atoms with Crippen molar-refractivity contribution in [3.8, 4) is 0 Å². The van der Waals surface area contributed by atoms with Crippen LogP contribution in [0, 0.1) is 11.6 Å². The number of nitrogen functional groups attached to an aromatic ring is 1. The van der Waals surface area contributed by atoms with Crippen molar-refractivity contribution in [3.63, 3.8) is 0 Å². The molecule has 4 rings (SSSR count). The van der Waals surface area contributed by atoms with E-state index < -0.39 is 77.4 Å². The van der Waals surface area contributed by atoms with Gasteiger partial charge in [0.05, 0.1) is 32.0 Å². The summed E-state index contributed by atoms with van der Waals surface area (Å²) >= 11 is 4.84. The molecule has 49 heavy (non-hydrogen) atoms. The van der Waals surface area contributed by atoms with Gasteiger partial charge in [-0.2, -0.15) is 26.3 Å². The molecule has 0 aromatic heterocycles. The van der Waals surface area contributed by atoms with Crippen molar-refractivity contribution in [3.05, 3.63) is 119 Å². The second-order valence-electron chi connectivity index (χ2n) is 9.24. The first-order chi connectivity index (χ1) is 22.3. The molecule has 7 N–H and O–H groups in total. The van der Waals surface area contributed by atoms with Gasteiger partial charge in [0, 0.05) is 11.4 Å². The molecule has 264 valence electrons. The van der Waals surface area contributed by atoms with Gasteiger partial charge in [-0.25, -0.2) is 35.9 Å². The number of nitrogens with one attached hydrogen (secondary N) is 1. The molecule has 0 unspecified atom stereocenters. The molecule has 0 spiro atoms. The lowest BCUT2D eigenvalue weighted by Crippen LogP contribution is -2.21. The predicted molar refractivity (Wildman–Crippen MR) is 161 cm³/mol. The van der Waals surface area contributed by atoms with Crippen molar-refractivity contribution in [1.29, 1.82) is 0 Å². The number of benzene rings is 4. The maximum atomic E-state index is 13.7. The largest absolute Gasteiger partial charge is 0.417 e. The summed E-state index contributed by atoms with van der Waals surface area (Å²) in [4.78, 5) is 22.3. The summed E-state index contributed by atoms with van der Waals surface area (Å²) in [6, 6.07) is 14.7. The van der Waals surface area contributed by atoms with Crippen LogP contribution >= 0.6 is 11.6 Å².